The van der Waals surface area contributed by atoms with Crippen molar-refractivity contribution in [3.63, 3.8) is 0 Å². The van der Waals surface area contributed by atoms with E-state index in [4.69, 9.17) is 22.7 Å². The number of hydrogen-bond acceptors (Lipinski definition) is 4. The minimum Gasteiger partial charge on any atom is -0.385 e. The molecule has 1 fully saturated rings. The van der Waals surface area contributed by atoms with Gasteiger partial charge in [0.1, 0.15) is 5.82 Å². The van der Waals surface area contributed by atoms with Gasteiger partial charge in [0.15, 0.2) is 0 Å². The summed E-state index contributed by atoms with van der Waals surface area (Å²) < 4.78 is 0. The molecule has 2 rings (SSSR count). The Labute approximate surface area is 154 Å². The number of amides is 1. The highest BCUT2D eigenvalue weighted by atomic mass is 35.5. The molecule has 0 radical (unpaired) electrons. The van der Waals surface area contributed by atoms with Crippen LogP contribution in [0.15, 0.2) is 30.1 Å². The van der Waals surface area contributed by atoms with Crippen LogP contribution in [0.4, 0.5) is 0 Å². The van der Waals surface area contributed by atoms with Gasteiger partial charge in [0.2, 0.25) is 5.91 Å². The van der Waals surface area contributed by atoms with Crippen LogP contribution in [0.5, 0.6) is 0 Å². The summed E-state index contributed by atoms with van der Waals surface area (Å²) in [7, 11) is 0. The molecule has 1 aliphatic rings. The van der Waals surface area contributed by atoms with E-state index in [1.54, 1.807) is 12.1 Å². The Morgan fingerprint density at radius 3 is 2.80 bits per heavy atom. The summed E-state index contributed by atoms with van der Waals surface area (Å²) in [4.78, 5) is 14.4. The van der Waals surface area contributed by atoms with Crippen LogP contribution in [0.3, 0.4) is 0 Å². The number of aryl methyl sites for hydroxylation is 1. The molecule has 0 aromatic heterocycles. The summed E-state index contributed by atoms with van der Waals surface area (Å²) in [5.74, 6) is 0.0775. The SMILES string of the molecule is Cc1ccc(Cl)cc1C(=N)/C=C(\N)NC(=O)CCCN1CCCCC1. The van der Waals surface area contributed by atoms with Crippen LogP contribution < -0.4 is 11.1 Å². The predicted octanol–water partition coefficient (Wildman–Crippen LogP) is 3.20. The number of nitrogens with two attached hydrogens (primary N) is 1. The van der Waals surface area contributed by atoms with Crippen molar-refractivity contribution in [2.24, 2.45) is 5.73 Å². The maximum absolute atomic E-state index is 12.0. The molecule has 4 N–H and O–H groups in total. The highest BCUT2D eigenvalue weighted by molar-refractivity contribution is 6.31. The molecule has 1 saturated heterocycles. The number of rotatable bonds is 7. The third-order valence-electron chi connectivity index (χ3n) is 4.40. The molecule has 25 heavy (non-hydrogen) atoms. The van der Waals surface area contributed by atoms with Gasteiger partial charge in [0, 0.05) is 23.1 Å². The minimum absolute atomic E-state index is 0.110. The van der Waals surface area contributed by atoms with Gasteiger partial charge in [-0.15, -0.1) is 0 Å². The number of nitrogens with zero attached hydrogens (tertiary/aromatic N) is 1. The fourth-order valence-corrected chi connectivity index (χ4v) is 3.20. The van der Waals surface area contributed by atoms with Gasteiger partial charge in [0.05, 0.1) is 5.71 Å². The number of nitrogens with one attached hydrogen (secondary N) is 2. The fraction of sp³-hybridized carbons (Fsp3) is 0.474. The summed E-state index contributed by atoms with van der Waals surface area (Å²) in [6.45, 7) is 5.14. The van der Waals surface area contributed by atoms with Crippen molar-refractivity contribution >= 4 is 23.2 Å². The Balaban J connectivity index is 1.80. The Morgan fingerprint density at radius 2 is 2.08 bits per heavy atom. The quantitative estimate of drug-likeness (QED) is 0.651. The largest absolute Gasteiger partial charge is 0.385 e. The number of halogens is 1. The molecule has 0 aliphatic carbocycles. The smallest absolute Gasteiger partial charge is 0.225 e. The molecule has 136 valence electrons. The first kappa shape index (κ1) is 19.5. The topological polar surface area (TPSA) is 82.2 Å². The van der Waals surface area contributed by atoms with E-state index < -0.39 is 0 Å². The van der Waals surface area contributed by atoms with Crippen molar-refractivity contribution in [1.82, 2.24) is 10.2 Å². The normalized spacial score (nSPS) is 15.8. The maximum atomic E-state index is 12.0. The second-order valence-electron chi connectivity index (χ2n) is 6.53. The molecule has 5 nitrogen and oxygen atoms in total. The van der Waals surface area contributed by atoms with Crippen molar-refractivity contribution in [2.45, 2.75) is 39.0 Å². The Kier molecular flexibility index (Phi) is 7.47. The summed E-state index contributed by atoms with van der Waals surface area (Å²) in [5, 5.41) is 11.4. The summed E-state index contributed by atoms with van der Waals surface area (Å²) in [6, 6.07) is 5.36. The van der Waals surface area contributed by atoms with Gasteiger partial charge >= 0.3 is 0 Å². The summed E-state index contributed by atoms with van der Waals surface area (Å²) in [6.07, 6.45) is 6.55. The zero-order chi connectivity index (χ0) is 18.2. The molecule has 0 unspecified atom stereocenters. The van der Waals surface area contributed by atoms with Crippen molar-refractivity contribution in [2.75, 3.05) is 19.6 Å². The summed E-state index contributed by atoms with van der Waals surface area (Å²) >= 11 is 5.98. The highest BCUT2D eigenvalue weighted by Crippen LogP contribution is 2.16. The molecular formula is C19H27ClN4O. The molecule has 0 spiro atoms. The number of carbonyl (C=O) groups excluding carboxylic acids is 1. The predicted molar refractivity (Wildman–Crippen MR) is 103 cm³/mol. The molecule has 1 aromatic carbocycles. The van der Waals surface area contributed by atoms with Crippen LogP contribution in [-0.2, 0) is 4.79 Å². The molecule has 1 aliphatic heterocycles. The van der Waals surface area contributed by atoms with E-state index in [-0.39, 0.29) is 17.4 Å². The number of likely N-dealkylation sites (tertiary alicyclic amines) is 1. The fourth-order valence-electron chi connectivity index (χ4n) is 3.02. The molecule has 1 aromatic rings. The Hall–Kier alpha value is -1.85. The van der Waals surface area contributed by atoms with Crippen molar-refractivity contribution in [3.05, 3.63) is 46.2 Å². The van der Waals surface area contributed by atoms with E-state index in [0.717, 1.165) is 31.6 Å². The van der Waals surface area contributed by atoms with Gasteiger partial charge in [-0.2, -0.15) is 0 Å². The zero-order valence-corrected chi connectivity index (χ0v) is 15.5. The number of hydrogen-bond donors (Lipinski definition) is 3. The van der Waals surface area contributed by atoms with Gasteiger partial charge in [0.25, 0.3) is 0 Å². The summed E-state index contributed by atoms with van der Waals surface area (Å²) in [5.41, 5.74) is 7.73. The first-order chi connectivity index (χ1) is 12.0. The Morgan fingerprint density at radius 1 is 1.36 bits per heavy atom. The lowest BCUT2D eigenvalue weighted by molar-refractivity contribution is -0.120. The van der Waals surface area contributed by atoms with Crippen molar-refractivity contribution in [3.8, 4) is 0 Å². The van der Waals surface area contributed by atoms with E-state index >= 15 is 0 Å². The second-order valence-corrected chi connectivity index (χ2v) is 6.96. The van der Waals surface area contributed by atoms with Crippen molar-refractivity contribution < 1.29 is 4.79 Å². The van der Waals surface area contributed by atoms with Crippen molar-refractivity contribution in [1.29, 1.82) is 5.41 Å². The lowest BCUT2D eigenvalue weighted by Crippen LogP contribution is -2.32. The van der Waals surface area contributed by atoms with Crippen LogP contribution in [0, 0.1) is 12.3 Å². The third kappa shape index (κ3) is 6.52. The van der Waals surface area contributed by atoms with Crippen LogP contribution in [-0.4, -0.2) is 36.2 Å². The number of benzene rings is 1. The van der Waals surface area contributed by atoms with Gasteiger partial charge in [-0.3, -0.25) is 4.79 Å². The lowest BCUT2D eigenvalue weighted by Gasteiger charge is -2.26. The highest BCUT2D eigenvalue weighted by Gasteiger charge is 2.11. The number of piperidine rings is 1. The van der Waals surface area contributed by atoms with Crippen LogP contribution >= 0.6 is 11.6 Å². The first-order valence-electron chi connectivity index (χ1n) is 8.80. The molecule has 6 heteroatoms. The maximum Gasteiger partial charge on any atom is 0.225 e. The van der Waals surface area contributed by atoms with E-state index in [1.165, 1.54) is 25.3 Å². The van der Waals surface area contributed by atoms with Crippen LogP contribution in [0.1, 0.15) is 43.2 Å². The third-order valence-corrected chi connectivity index (χ3v) is 4.64. The molecule has 0 atom stereocenters. The molecule has 0 bridgehead atoms. The minimum atomic E-state index is -0.110. The van der Waals surface area contributed by atoms with E-state index in [2.05, 4.69) is 10.2 Å². The zero-order valence-electron chi connectivity index (χ0n) is 14.8. The number of allylic oxidation sites excluding steroid dienone is 1. The van der Waals surface area contributed by atoms with E-state index in [0.29, 0.717) is 17.0 Å². The Bertz CT molecular complexity index is 651. The molecule has 1 heterocycles. The monoisotopic (exact) mass is 362 g/mol. The molecule has 0 saturated carbocycles. The van der Waals surface area contributed by atoms with Gasteiger partial charge < -0.3 is 21.4 Å². The molecule has 1 amide bonds. The van der Waals surface area contributed by atoms with Crippen LogP contribution in [0.25, 0.3) is 0 Å². The van der Waals surface area contributed by atoms with Gasteiger partial charge in [-0.25, -0.2) is 0 Å². The second kappa shape index (κ2) is 9.59. The lowest BCUT2D eigenvalue weighted by atomic mass is 10.0. The average Bonchev–Trinajstić information content (AvgIpc) is 2.57. The average molecular weight is 363 g/mol. The standard InChI is InChI=1S/C19H27ClN4O/c1-14-7-8-15(20)12-16(14)17(21)13-18(22)23-19(25)6-5-11-24-9-3-2-4-10-24/h7-8,12-13,21H,2-6,9-11,22H2,1H3,(H,23,25)/b18-13+,21-17?. The van der Waals surface area contributed by atoms with Gasteiger partial charge in [-0.05, 0) is 63.5 Å². The number of carbonyl (C=O) groups is 1. The first-order valence-corrected chi connectivity index (χ1v) is 9.18. The van der Waals surface area contributed by atoms with Gasteiger partial charge in [-0.1, -0.05) is 24.1 Å². The van der Waals surface area contributed by atoms with E-state index in [9.17, 15) is 4.79 Å². The molecular weight excluding hydrogens is 336 g/mol. The van der Waals surface area contributed by atoms with Crippen LogP contribution in [0.2, 0.25) is 5.02 Å². The van der Waals surface area contributed by atoms with E-state index in [1.807, 2.05) is 13.0 Å².